The monoisotopic (exact) mass is 283 g/mol. The number of carboxylic acids is 1. The van der Waals surface area contributed by atoms with E-state index in [9.17, 15) is 9.59 Å². The van der Waals surface area contributed by atoms with E-state index in [-0.39, 0.29) is 17.7 Å². The topological polar surface area (TPSA) is 87.5 Å². The molecule has 0 saturated carbocycles. The predicted octanol–water partition coefficient (Wildman–Crippen LogP) is 1.63. The first-order valence-corrected chi connectivity index (χ1v) is 6.43. The molecule has 0 atom stereocenters. The molecule has 0 aliphatic rings. The third-order valence-corrected chi connectivity index (χ3v) is 3.20. The molecule has 0 spiro atoms. The summed E-state index contributed by atoms with van der Waals surface area (Å²) in [5, 5.41) is 11.8. The van der Waals surface area contributed by atoms with Gasteiger partial charge in [0.1, 0.15) is 0 Å². The molecule has 0 aliphatic heterocycles. The van der Waals surface area contributed by atoms with Gasteiger partial charge in [-0.2, -0.15) is 0 Å². The molecule has 2 heterocycles. The van der Waals surface area contributed by atoms with Crippen LogP contribution >= 0.6 is 0 Å². The molecule has 0 aliphatic carbocycles. The first kappa shape index (κ1) is 13.1. The second-order valence-electron chi connectivity index (χ2n) is 4.89. The Morgan fingerprint density at radius 2 is 2.00 bits per heavy atom. The third kappa shape index (κ3) is 2.55. The van der Waals surface area contributed by atoms with Crippen LogP contribution in [-0.2, 0) is 11.2 Å². The van der Waals surface area contributed by atoms with Crippen LogP contribution in [0.1, 0.15) is 11.3 Å². The van der Waals surface area contributed by atoms with Gasteiger partial charge in [-0.1, -0.05) is 29.8 Å². The summed E-state index contributed by atoms with van der Waals surface area (Å²) < 4.78 is 1.31. The van der Waals surface area contributed by atoms with Crippen molar-refractivity contribution in [3.05, 3.63) is 58.0 Å². The van der Waals surface area contributed by atoms with Gasteiger partial charge in [-0.15, -0.1) is 0 Å². The largest absolute Gasteiger partial charge is 0.481 e. The van der Waals surface area contributed by atoms with Crippen molar-refractivity contribution in [2.24, 2.45) is 0 Å². The lowest BCUT2D eigenvalue weighted by atomic mass is 10.1. The summed E-state index contributed by atoms with van der Waals surface area (Å²) in [4.78, 5) is 26.9. The summed E-state index contributed by atoms with van der Waals surface area (Å²) in [7, 11) is 0. The average molecular weight is 283 g/mol. The van der Waals surface area contributed by atoms with Crippen molar-refractivity contribution in [3.63, 3.8) is 0 Å². The first-order chi connectivity index (χ1) is 10.0. The summed E-state index contributed by atoms with van der Waals surface area (Å²) in [6, 6.07) is 10.8. The van der Waals surface area contributed by atoms with E-state index in [1.165, 1.54) is 10.6 Å². The molecule has 1 aromatic carbocycles. The van der Waals surface area contributed by atoms with Crippen molar-refractivity contribution in [3.8, 4) is 11.3 Å². The van der Waals surface area contributed by atoms with Gasteiger partial charge in [0.25, 0.3) is 5.56 Å². The molecule has 0 amide bonds. The highest BCUT2D eigenvalue weighted by Crippen LogP contribution is 2.18. The minimum Gasteiger partial charge on any atom is -0.481 e. The zero-order chi connectivity index (χ0) is 15.0. The number of benzene rings is 1. The van der Waals surface area contributed by atoms with Crippen molar-refractivity contribution < 1.29 is 9.90 Å². The maximum Gasteiger partial charge on any atom is 0.309 e. The van der Waals surface area contributed by atoms with E-state index in [1.54, 1.807) is 6.07 Å². The Morgan fingerprint density at radius 3 is 2.67 bits per heavy atom. The van der Waals surface area contributed by atoms with Crippen LogP contribution in [0.3, 0.4) is 0 Å². The molecule has 0 radical (unpaired) electrons. The van der Waals surface area contributed by atoms with Crippen LogP contribution in [0.2, 0.25) is 0 Å². The average Bonchev–Trinajstić information content (AvgIpc) is 2.83. The number of aromatic amines is 1. The predicted molar refractivity (Wildman–Crippen MR) is 77.3 cm³/mol. The lowest BCUT2D eigenvalue weighted by Crippen LogP contribution is -2.16. The number of aromatic nitrogens is 3. The highest BCUT2D eigenvalue weighted by Gasteiger charge is 2.09. The quantitative estimate of drug-likeness (QED) is 0.764. The molecule has 0 bridgehead atoms. The highest BCUT2D eigenvalue weighted by atomic mass is 16.4. The Morgan fingerprint density at radius 1 is 1.29 bits per heavy atom. The minimum atomic E-state index is -1.01. The summed E-state index contributed by atoms with van der Waals surface area (Å²) in [6.45, 7) is 2.00. The van der Waals surface area contributed by atoms with Crippen molar-refractivity contribution in [2.45, 2.75) is 13.3 Å². The molecule has 6 heteroatoms. The summed E-state index contributed by atoms with van der Waals surface area (Å²) in [6.07, 6.45) is -0.267. The van der Waals surface area contributed by atoms with Gasteiger partial charge in [-0.05, 0) is 12.5 Å². The fourth-order valence-electron chi connectivity index (χ4n) is 2.17. The SMILES string of the molecule is Cc1ccc(-c2cc3nc(CC(=O)O)cc(=O)n3[nH]2)cc1. The smallest absolute Gasteiger partial charge is 0.309 e. The Bertz CT molecular complexity index is 875. The molecule has 0 saturated heterocycles. The van der Waals surface area contributed by atoms with Gasteiger partial charge < -0.3 is 5.11 Å². The van der Waals surface area contributed by atoms with Crippen molar-refractivity contribution >= 4 is 11.6 Å². The van der Waals surface area contributed by atoms with Crippen molar-refractivity contribution in [1.82, 2.24) is 14.6 Å². The first-order valence-electron chi connectivity index (χ1n) is 6.43. The standard InChI is InChI=1S/C15H13N3O3/c1-9-2-4-10(5-3-9)12-8-13-16-11(7-15(20)21)6-14(19)18(13)17-12/h2-6,8,17H,7H2,1H3,(H,20,21). The Labute approximate surface area is 119 Å². The number of hydrogen-bond acceptors (Lipinski definition) is 3. The van der Waals surface area contributed by atoms with Crippen molar-refractivity contribution in [2.75, 3.05) is 0 Å². The molecular formula is C15H13N3O3. The van der Waals surface area contributed by atoms with Crippen LogP contribution in [-0.4, -0.2) is 25.7 Å². The van der Waals surface area contributed by atoms with Gasteiger partial charge >= 0.3 is 5.97 Å². The number of nitrogens with zero attached hydrogens (tertiary/aromatic N) is 2. The fourth-order valence-corrected chi connectivity index (χ4v) is 2.17. The maximum atomic E-state index is 12.0. The van der Waals surface area contributed by atoms with Gasteiger partial charge in [-0.3, -0.25) is 14.7 Å². The van der Waals surface area contributed by atoms with Gasteiger partial charge in [0.05, 0.1) is 17.8 Å². The Hall–Kier alpha value is -2.89. The maximum absolute atomic E-state index is 12.0. The molecule has 0 unspecified atom stereocenters. The molecule has 21 heavy (non-hydrogen) atoms. The van der Waals surface area contributed by atoms with E-state index < -0.39 is 5.97 Å². The number of carboxylic acid groups (broad SMARTS) is 1. The number of carbonyl (C=O) groups is 1. The number of aryl methyl sites for hydroxylation is 1. The van der Waals surface area contributed by atoms with E-state index in [0.29, 0.717) is 5.65 Å². The van der Waals surface area contributed by atoms with E-state index in [4.69, 9.17) is 5.11 Å². The van der Waals surface area contributed by atoms with Crippen LogP contribution in [0.25, 0.3) is 16.9 Å². The lowest BCUT2D eigenvalue weighted by molar-refractivity contribution is -0.136. The molecule has 2 N–H and O–H groups in total. The minimum absolute atomic E-state index is 0.252. The second-order valence-corrected chi connectivity index (χ2v) is 4.89. The Kier molecular flexibility index (Phi) is 3.06. The van der Waals surface area contributed by atoms with Crippen LogP contribution in [0.15, 0.2) is 41.2 Å². The van der Waals surface area contributed by atoms with E-state index in [1.807, 2.05) is 31.2 Å². The summed E-state index contributed by atoms with van der Waals surface area (Å²) in [5.74, 6) is -1.01. The molecule has 0 fully saturated rings. The van der Waals surface area contributed by atoms with Crippen LogP contribution < -0.4 is 5.56 Å². The number of rotatable bonds is 3. The second kappa shape index (κ2) is 4.90. The molecule has 3 aromatic rings. The molecular weight excluding hydrogens is 270 g/mol. The normalized spacial score (nSPS) is 10.9. The number of aliphatic carboxylic acids is 1. The molecule has 2 aromatic heterocycles. The third-order valence-electron chi connectivity index (χ3n) is 3.20. The van der Waals surface area contributed by atoms with Gasteiger partial charge in [0.15, 0.2) is 5.65 Å². The van der Waals surface area contributed by atoms with Gasteiger partial charge in [-0.25, -0.2) is 9.50 Å². The molecule has 6 nitrogen and oxygen atoms in total. The summed E-state index contributed by atoms with van der Waals surface area (Å²) in [5.41, 5.74) is 3.18. The van der Waals surface area contributed by atoms with Gasteiger partial charge in [0.2, 0.25) is 0 Å². The van der Waals surface area contributed by atoms with E-state index >= 15 is 0 Å². The van der Waals surface area contributed by atoms with Crippen LogP contribution in [0.4, 0.5) is 0 Å². The lowest BCUT2D eigenvalue weighted by Gasteiger charge is -1.98. The van der Waals surface area contributed by atoms with E-state index in [0.717, 1.165) is 16.8 Å². The van der Waals surface area contributed by atoms with Gasteiger partial charge in [0, 0.05) is 12.1 Å². The van der Waals surface area contributed by atoms with Crippen LogP contribution in [0.5, 0.6) is 0 Å². The number of H-pyrrole nitrogens is 1. The molecule has 3 rings (SSSR count). The van der Waals surface area contributed by atoms with Crippen LogP contribution in [0, 0.1) is 6.92 Å². The number of fused-ring (bicyclic) bond motifs is 1. The van der Waals surface area contributed by atoms with Crippen molar-refractivity contribution in [1.29, 1.82) is 0 Å². The van der Waals surface area contributed by atoms with E-state index in [2.05, 4.69) is 10.1 Å². The molecule has 106 valence electrons. The zero-order valence-corrected chi connectivity index (χ0v) is 11.3. The summed E-state index contributed by atoms with van der Waals surface area (Å²) >= 11 is 0. The fraction of sp³-hybridized carbons (Fsp3) is 0.133. The number of hydrogen-bond donors (Lipinski definition) is 2. The zero-order valence-electron chi connectivity index (χ0n) is 11.3. The Balaban J connectivity index is 2.11. The number of nitrogens with one attached hydrogen (secondary N) is 1. The highest BCUT2D eigenvalue weighted by molar-refractivity contribution is 5.70.